The third kappa shape index (κ3) is 2.48. The van der Waals surface area contributed by atoms with Crippen molar-refractivity contribution >= 4 is 5.78 Å². The molecule has 0 amide bonds. The van der Waals surface area contributed by atoms with Gasteiger partial charge in [0.1, 0.15) is 11.5 Å². The summed E-state index contributed by atoms with van der Waals surface area (Å²) >= 11 is 0. The van der Waals surface area contributed by atoms with Crippen LogP contribution in [0.5, 0.6) is 0 Å². The molecule has 1 aromatic heterocycles. The standard InChI is InChI=1S/C12H17NO2/c13-11-6-2-1-5-10(11)12(14)8-9-4-3-7-15-9/h3-4,7,10-11H,1-2,5-6,8,13H2. The van der Waals surface area contributed by atoms with Gasteiger partial charge in [-0.1, -0.05) is 12.8 Å². The Morgan fingerprint density at radius 2 is 2.27 bits per heavy atom. The maximum atomic E-state index is 11.9. The highest BCUT2D eigenvalue weighted by Crippen LogP contribution is 2.24. The van der Waals surface area contributed by atoms with Crippen molar-refractivity contribution in [2.24, 2.45) is 11.7 Å². The van der Waals surface area contributed by atoms with Crippen LogP contribution in [0.1, 0.15) is 31.4 Å². The third-order valence-corrected chi connectivity index (χ3v) is 3.16. The predicted molar refractivity (Wildman–Crippen MR) is 57.4 cm³/mol. The van der Waals surface area contributed by atoms with Crippen LogP contribution in [0.25, 0.3) is 0 Å². The Kier molecular flexibility index (Phi) is 3.21. The average molecular weight is 207 g/mol. The molecule has 3 heteroatoms. The molecular weight excluding hydrogens is 190 g/mol. The SMILES string of the molecule is NC1CCCCC1C(=O)Cc1ccco1. The van der Waals surface area contributed by atoms with Gasteiger partial charge < -0.3 is 10.2 Å². The van der Waals surface area contributed by atoms with Gasteiger partial charge in [0.2, 0.25) is 0 Å². The molecule has 82 valence electrons. The second-order valence-electron chi connectivity index (χ2n) is 4.28. The van der Waals surface area contributed by atoms with E-state index in [9.17, 15) is 4.79 Å². The highest BCUT2D eigenvalue weighted by molar-refractivity contribution is 5.83. The molecule has 1 heterocycles. The predicted octanol–water partition coefficient (Wildman–Crippen LogP) is 1.91. The summed E-state index contributed by atoms with van der Waals surface area (Å²) in [5, 5.41) is 0. The van der Waals surface area contributed by atoms with E-state index in [1.54, 1.807) is 6.26 Å². The molecule has 2 rings (SSSR count). The molecule has 2 unspecified atom stereocenters. The van der Waals surface area contributed by atoms with E-state index in [0.717, 1.165) is 31.4 Å². The number of rotatable bonds is 3. The van der Waals surface area contributed by atoms with Crippen molar-refractivity contribution in [2.45, 2.75) is 38.1 Å². The lowest BCUT2D eigenvalue weighted by atomic mass is 9.81. The average Bonchev–Trinajstić information content (AvgIpc) is 2.71. The minimum Gasteiger partial charge on any atom is -0.469 e. The fourth-order valence-corrected chi connectivity index (χ4v) is 2.28. The van der Waals surface area contributed by atoms with Gasteiger partial charge in [0.05, 0.1) is 12.7 Å². The van der Waals surface area contributed by atoms with Crippen LogP contribution in [0.15, 0.2) is 22.8 Å². The fraction of sp³-hybridized carbons (Fsp3) is 0.583. The summed E-state index contributed by atoms with van der Waals surface area (Å²) in [4.78, 5) is 11.9. The van der Waals surface area contributed by atoms with Crippen molar-refractivity contribution < 1.29 is 9.21 Å². The molecule has 0 aliphatic heterocycles. The van der Waals surface area contributed by atoms with E-state index in [2.05, 4.69) is 0 Å². The molecule has 0 saturated heterocycles. The molecule has 0 aromatic carbocycles. The zero-order chi connectivity index (χ0) is 10.7. The Bertz CT molecular complexity index is 318. The second-order valence-corrected chi connectivity index (χ2v) is 4.28. The molecular formula is C12H17NO2. The highest BCUT2D eigenvalue weighted by atomic mass is 16.3. The smallest absolute Gasteiger partial charge is 0.145 e. The highest BCUT2D eigenvalue weighted by Gasteiger charge is 2.28. The van der Waals surface area contributed by atoms with Gasteiger partial charge in [0.25, 0.3) is 0 Å². The molecule has 2 atom stereocenters. The van der Waals surface area contributed by atoms with Crippen molar-refractivity contribution in [3.05, 3.63) is 24.2 Å². The van der Waals surface area contributed by atoms with Gasteiger partial charge in [-0.25, -0.2) is 0 Å². The first-order valence-electron chi connectivity index (χ1n) is 5.58. The number of carbonyl (C=O) groups is 1. The van der Waals surface area contributed by atoms with Crippen molar-refractivity contribution in [1.82, 2.24) is 0 Å². The van der Waals surface area contributed by atoms with E-state index in [0.29, 0.717) is 6.42 Å². The summed E-state index contributed by atoms with van der Waals surface area (Å²) in [7, 11) is 0. The maximum Gasteiger partial charge on any atom is 0.145 e. The van der Waals surface area contributed by atoms with Crippen LogP contribution in [0.3, 0.4) is 0 Å². The van der Waals surface area contributed by atoms with Crippen LogP contribution >= 0.6 is 0 Å². The Morgan fingerprint density at radius 1 is 1.47 bits per heavy atom. The molecule has 1 fully saturated rings. The van der Waals surface area contributed by atoms with Gasteiger partial charge in [-0.05, 0) is 25.0 Å². The number of hydrogen-bond acceptors (Lipinski definition) is 3. The Labute approximate surface area is 89.6 Å². The molecule has 1 aliphatic carbocycles. The maximum absolute atomic E-state index is 11.9. The first kappa shape index (κ1) is 10.4. The molecule has 0 bridgehead atoms. The van der Waals surface area contributed by atoms with E-state index < -0.39 is 0 Å². The normalized spacial score (nSPS) is 26.5. The first-order chi connectivity index (χ1) is 7.27. The zero-order valence-electron chi connectivity index (χ0n) is 8.82. The van der Waals surface area contributed by atoms with Crippen LogP contribution in [-0.4, -0.2) is 11.8 Å². The Balaban J connectivity index is 1.95. The molecule has 0 radical (unpaired) electrons. The summed E-state index contributed by atoms with van der Waals surface area (Å²) in [6.45, 7) is 0. The molecule has 3 nitrogen and oxygen atoms in total. The largest absolute Gasteiger partial charge is 0.469 e. The Morgan fingerprint density at radius 3 is 2.93 bits per heavy atom. The number of ketones is 1. The van der Waals surface area contributed by atoms with Gasteiger partial charge in [0, 0.05) is 12.0 Å². The second kappa shape index (κ2) is 4.62. The fourth-order valence-electron chi connectivity index (χ4n) is 2.28. The van der Waals surface area contributed by atoms with Crippen LogP contribution in [0.4, 0.5) is 0 Å². The monoisotopic (exact) mass is 207 g/mol. The minimum absolute atomic E-state index is 0.0452. The number of nitrogens with two attached hydrogens (primary N) is 1. The van der Waals surface area contributed by atoms with Gasteiger partial charge in [-0.2, -0.15) is 0 Å². The number of carbonyl (C=O) groups excluding carboxylic acids is 1. The van der Waals surface area contributed by atoms with E-state index >= 15 is 0 Å². The molecule has 1 aliphatic rings. The van der Waals surface area contributed by atoms with Crippen LogP contribution in [-0.2, 0) is 11.2 Å². The molecule has 2 N–H and O–H groups in total. The zero-order valence-corrected chi connectivity index (χ0v) is 8.82. The number of furan rings is 1. The molecule has 1 saturated carbocycles. The van der Waals surface area contributed by atoms with Crippen molar-refractivity contribution in [3.8, 4) is 0 Å². The summed E-state index contributed by atoms with van der Waals surface area (Å²) in [6, 6.07) is 3.71. The lowest BCUT2D eigenvalue weighted by Crippen LogP contribution is -2.38. The molecule has 15 heavy (non-hydrogen) atoms. The van der Waals surface area contributed by atoms with Crippen molar-refractivity contribution in [3.63, 3.8) is 0 Å². The van der Waals surface area contributed by atoms with Crippen LogP contribution in [0.2, 0.25) is 0 Å². The summed E-state index contributed by atoms with van der Waals surface area (Å²) in [5.74, 6) is 1.03. The minimum atomic E-state index is 0.0452. The summed E-state index contributed by atoms with van der Waals surface area (Å²) in [5.41, 5.74) is 5.96. The van der Waals surface area contributed by atoms with Crippen LogP contribution < -0.4 is 5.73 Å². The van der Waals surface area contributed by atoms with Gasteiger partial charge in [-0.15, -0.1) is 0 Å². The van der Waals surface area contributed by atoms with Crippen LogP contribution in [0, 0.1) is 5.92 Å². The number of hydrogen-bond donors (Lipinski definition) is 1. The Hall–Kier alpha value is -1.09. The van der Waals surface area contributed by atoms with E-state index in [1.807, 2.05) is 12.1 Å². The lowest BCUT2D eigenvalue weighted by Gasteiger charge is -2.26. The summed E-state index contributed by atoms with van der Waals surface area (Å²) < 4.78 is 5.17. The summed E-state index contributed by atoms with van der Waals surface area (Å²) in [6.07, 6.45) is 6.21. The first-order valence-corrected chi connectivity index (χ1v) is 5.58. The van der Waals surface area contributed by atoms with Crippen molar-refractivity contribution in [1.29, 1.82) is 0 Å². The molecule has 1 aromatic rings. The van der Waals surface area contributed by atoms with E-state index in [4.69, 9.17) is 10.2 Å². The van der Waals surface area contributed by atoms with Crippen molar-refractivity contribution in [2.75, 3.05) is 0 Å². The lowest BCUT2D eigenvalue weighted by molar-refractivity contribution is -0.123. The quantitative estimate of drug-likeness (QED) is 0.823. The van der Waals surface area contributed by atoms with Gasteiger partial charge in [0.15, 0.2) is 0 Å². The van der Waals surface area contributed by atoms with Gasteiger partial charge >= 0.3 is 0 Å². The number of Topliss-reactive ketones (excluding diaryl/α,β-unsaturated/α-hetero) is 1. The van der Waals surface area contributed by atoms with E-state index in [1.165, 1.54) is 0 Å². The molecule has 0 spiro atoms. The topological polar surface area (TPSA) is 56.2 Å². The third-order valence-electron chi connectivity index (χ3n) is 3.16. The van der Waals surface area contributed by atoms with E-state index in [-0.39, 0.29) is 17.7 Å². The van der Waals surface area contributed by atoms with Gasteiger partial charge in [-0.3, -0.25) is 4.79 Å².